The zero-order valence-corrected chi connectivity index (χ0v) is 16.0. The molecule has 1 aromatic carbocycles. The van der Waals surface area contributed by atoms with Gasteiger partial charge in [0.1, 0.15) is 5.82 Å². The molecule has 3 heterocycles. The first kappa shape index (κ1) is 18.0. The fourth-order valence-corrected chi connectivity index (χ4v) is 3.45. The normalized spacial score (nSPS) is 11.3. The minimum Gasteiger partial charge on any atom is -0.326 e. The third-order valence-corrected chi connectivity index (χ3v) is 4.95. The Morgan fingerprint density at radius 1 is 1.21 bits per heavy atom. The van der Waals surface area contributed by atoms with E-state index in [9.17, 15) is 9.18 Å². The first-order chi connectivity index (χ1) is 13.4. The molecule has 4 rings (SSSR count). The minimum absolute atomic E-state index is 0.124. The number of benzene rings is 1. The molecule has 0 bridgehead atoms. The number of rotatable bonds is 4. The molecule has 0 spiro atoms. The number of hydrogen-bond acceptors (Lipinski definition) is 4. The van der Waals surface area contributed by atoms with Crippen LogP contribution in [0.3, 0.4) is 0 Å². The quantitative estimate of drug-likeness (QED) is 0.585. The van der Waals surface area contributed by atoms with Gasteiger partial charge in [0.15, 0.2) is 11.3 Å². The third kappa shape index (κ3) is 3.19. The highest BCUT2D eigenvalue weighted by atomic mass is 19.1. The molecule has 0 aliphatic rings. The average Bonchev–Trinajstić information content (AvgIpc) is 3.03. The van der Waals surface area contributed by atoms with Crippen molar-refractivity contribution in [2.75, 3.05) is 5.32 Å². The molecule has 4 aromatic rings. The summed E-state index contributed by atoms with van der Waals surface area (Å²) < 4.78 is 15.0. The van der Waals surface area contributed by atoms with E-state index in [1.165, 1.54) is 12.1 Å². The number of nitrogens with one attached hydrogen (secondary N) is 1. The van der Waals surface area contributed by atoms with Crippen LogP contribution in [0.4, 0.5) is 10.1 Å². The molecule has 0 fully saturated rings. The second-order valence-corrected chi connectivity index (χ2v) is 6.88. The molecule has 0 unspecified atom stereocenters. The summed E-state index contributed by atoms with van der Waals surface area (Å²) >= 11 is 0. The van der Waals surface area contributed by atoms with Crippen LogP contribution >= 0.6 is 0 Å². The molecule has 0 atom stereocenters. The van der Waals surface area contributed by atoms with Gasteiger partial charge in [-0.05, 0) is 68.7 Å². The number of aryl methyl sites for hydroxylation is 3. The highest BCUT2D eigenvalue weighted by molar-refractivity contribution is 5.92. The summed E-state index contributed by atoms with van der Waals surface area (Å²) in [4.78, 5) is 21.4. The van der Waals surface area contributed by atoms with Gasteiger partial charge in [-0.2, -0.15) is 0 Å². The van der Waals surface area contributed by atoms with E-state index >= 15 is 0 Å². The lowest BCUT2D eigenvalue weighted by Crippen LogP contribution is -2.15. The molecule has 142 valence electrons. The number of amides is 1. The smallest absolute Gasteiger partial charge is 0.224 e. The lowest BCUT2D eigenvalue weighted by molar-refractivity contribution is -0.116. The van der Waals surface area contributed by atoms with Crippen LogP contribution in [0.15, 0.2) is 36.5 Å². The zero-order valence-electron chi connectivity index (χ0n) is 16.0. The second-order valence-electron chi connectivity index (χ2n) is 6.88. The highest BCUT2D eigenvalue weighted by Crippen LogP contribution is 2.22. The Balaban J connectivity index is 1.57. The predicted octanol–water partition coefficient (Wildman–Crippen LogP) is 3.91. The topological polar surface area (TPSA) is 72.2 Å². The Morgan fingerprint density at radius 2 is 2.04 bits per heavy atom. The first-order valence-corrected chi connectivity index (χ1v) is 9.09. The van der Waals surface area contributed by atoms with Gasteiger partial charge in [0, 0.05) is 29.7 Å². The number of carbonyl (C=O) groups excluding carboxylic acids is 1. The molecule has 0 saturated heterocycles. The van der Waals surface area contributed by atoms with Crippen molar-refractivity contribution in [3.05, 3.63) is 64.9 Å². The number of fused-ring (bicyclic) bond motifs is 3. The van der Waals surface area contributed by atoms with Crippen molar-refractivity contribution in [2.24, 2.45) is 0 Å². The van der Waals surface area contributed by atoms with E-state index in [1.54, 1.807) is 23.7 Å². The highest BCUT2D eigenvalue weighted by Gasteiger charge is 2.15. The van der Waals surface area contributed by atoms with Crippen LogP contribution in [0.2, 0.25) is 0 Å². The van der Waals surface area contributed by atoms with E-state index in [-0.39, 0.29) is 11.7 Å². The standard InChI is InChI=1S/C21H20FN5O/c1-12-11-15(22)6-8-18(12)25-19(28)9-7-16-13(2)24-21-17-5-4-10-23-20(17)26-27(21)14(16)3/h4-6,8,10-11H,7,9H2,1-3H3,(H,25,28). The SMILES string of the molecule is Cc1cc(F)ccc1NC(=O)CCc1c(C)nc2c3cccnc3nn2c1C. The van der Waals surface area contributed by atoms with Gasteiger partial charge in [0.25, 0.3) is 0 Å². The van der Waals surface area contributed by atoms with Crippen molar-refractivity contribution in [2.45, 2.75) is 33.6 Å². The van der Waals surface area contributed by atoms with Gasteiger partial charge in [-0.15, -0.1) is 5.10 Å². The Kier molecular flexibility index (Phi) is 4.50. The summed E-state index contributed by atoms with van der Waals surface area (Å²) in [6.07, 6.45) is 2.54. The lowest BCUT2D eigenvalue weighted by Gasteiger charge is -2.12. The molecule has 0 saturated carbocycles. The molecular weight excluding hydrogens is 357 g/mol. The number of aromatic nitrogens is 4. The first-order valence-electron chi connectivity index (χ1n) is 9.09. The van der Waals surface area contributed by atoms with Crippen molar-refractivity contribution in [3.8, 4) is 0 Å². The molecule has 0 aliphatic carbocycles. The Bertz CT molecular complexity index is 1210. The number of nitrogens with zero attached hydrogens (tertiary/aromatic N) is 4. The summed E-state index contributed by atoms with van der Waals surface area (Å²) in [5, 5.41) is 8.29. The molecule has 0 aliphatic heterocycles. The molecule has 6 nitrogen and oxygen atoms in total. The monoisotopic (exact) mass is 377 g/mol. The van der Waals surface area contributed by atoms with Gasteiger partial charge in [0.2, 0.25) is 5.91 Å². The van der Waals surface area contributed by atoms with Crippen LogP contribution in [-0.4, -0.2) is 25.5 Å². The van der Waals surface area contributed by atoms with Gasteiger partial charge in [-0.25, -0.2) is 18.9 Å². The predicted molar refractivity (Wildman–Crippen MR) is 106 cm³/mol. The minimum atomic E-state index is -0.317. The Labute approximate surface area is 161 Å². The molecule has 3 aromatic heterocycles. The Hall–Kier alpha value is -3.35. The Morgan fingerprint density at radius 3 is 2.82 bits per heavy atom. The summed E-state index contributed by atoms with van der Waals surface area (Å²) in [5.41, 5.74) is 5.56. The summed E-state index contributed by atoms with van der Waals surface area (Å²) in [6.45, 7) is 5.69. The number of hydrogen-bond donors (Lipinski definition) is 1. The van der Waals surface area contributed by atoms with Crippen LogP contribution < -0.4 is 5.32 Å². The number of pyridine rings is 1. The van der Waals surface area contributed by atoms with Crippen LogP contribution in [-0.2, 0) is 11.2 Å². The summed E-state index contributed by atoms with van der Waals surface area (Å²) in [6, 6.07) is 8.14. The molecule has 7 heteroatoms. The fraction of sp³-hybridized carbons (Fsp3) is 0.238. The lowest BCUT2D eigenvalue weighted by atomic mass is 10.1. The maximum Gasteiger partial charge on any atom is 0.224 e. The third-order valence-electron chi connectivity index (χ3n) is 4.95. The molecule has 28 heavy (non-hydrogen) atoms. The van der Waals surface area contributed by atoms with E-state index < -0.39 is 0 Å². The summed E-state index contributed by atoms with van der Waals surface area (Å²) in [7, 11) is 0. The van der Waals surface area contributed by atoms with E-state index in [0.29, 0.717) is 29.7 Å². The van der Waals surface area contributed by atoms with E-state index in [2.05, 4.69) is 15.4 Å². The van der Waals surface area contributed by atoms with Crippen LogP contribution in [0.5, 0.6) is 0 Å². The molecule has 0 radical (unpaired) electrons. The van der Waals surface area contributed by atoms with Gasteiger partial charge >= 0.3 is 0 Å². The average molecular weight is 377 g/mol. The molecule has 1 amide bonds. The van der Waals surface area contributed by atoms with Crippen molar-refractivity contribution in [1.29, 1.82) is 0 Å². The van der Waals surface area contributed by atoms with Crippen LogP contribution in [0.25, 0.3) is 16.7 Å². The van der Waals surface area contributed by atoms with E-state index in [4.69, 9.17) is 4.98 Å². The fourth-order valence-electron chi connectivity index (χ4n) is 3.45. The van der Waals surface area contributed by atoms with E-state index in [1.807, 2.05) is 26.0 Å². The van der Waals surface area contributed by atoms with Gasteiger partial charge in [-0.3, -0.25) is 4.79 Å². The van der Waals surface area contributed by atoms with Gasteiger partial charge in [-0.1, -0.05) is 0 Å². The van der Waals surface area contributed by atoms with Gasteiger partial charge in [0.05, 0.1) is 5.39 Å². The number of carbonyl (C=O) groups is 1. The zero-order chi connectivity index (χ0) is 19.8. The largest absolute Gasteiger partial charge is 0.326 e. The van der Waals surface area contributed by atoms with E-state index in [0.717, 1.165) is 28.0 Å². The summed E-state index contributed by atoms with van der Waals surface area (Å²) in [5.74, 6) is -0.442. The van der Waals surface area contributed by atoms with Gasteiger partial charge < -0.3 is 5.32 Å². The maximum atomic E-state index is 13.2. The number of anilines is 1. The van der Waals surface area contributed by atoms with Crippen molar-refractivity contribution >= 4 is 28.3 Å². The number of halogens is 1. The van der Waals surface area contributed by atoms with Crippen molar-refractivity contribution in [3.63, 3.8) is 0 Å². The molecular formula is C21H20FN5O. The molecule has 1 N–H and O–H groups in total. The second kappa shape index (κ2) is 6.99. The maximum absolute atomic E-state index is 13.2. The van der Waals surface area contributed by atoms with Crippen molar-refractivity contribution in [1.82, 2.24) is 19.6 Å². The van der Waals surface area contributed by atoms with Crippen LogP contribution in [0, 0.1) is 26.6 Å². The van der Waals surface area contributed by atoms with Crippen LogP contribution in [0.1, 0.15) is 28.9 Å². The van der Waals surface area contributed by atoms with Crippen molar-refractivity contribution < 1.29 is 9.18 Å².